The number of nitrogens with zero attached hydrogens (tertiary/aromatic N) is 1. The van der Waals surface area contributed by atoms with Crippen LogP contribution < -0.4 is 10.0 Å². The van der Waals surface area contributed by atoms with Gasteiger partial charge in [0.05, 0.1) is 5.25 Å². The molecule has 1 saturated heterocycles. The molecule has 0 saturated carbocycles. The highest BCUT2D eigenvalue weighted by atomic mass is 32.2. The van der Waals surface area contributed by atoms with Crippen LogP contribution in [0, 0.1) is 0 Å². The molecule has 1 unspecified atom stereocenters. The van der Waals surface area contributed by atoms with Gasteiger partial charge in [0.15, 0.2) is 0 Å². The van der Waals surface area contributed by atoms with E-state index < -0.39 is 10.0 Å². The maximum Gasteiger partial charge on any atom is 0.215 e. The van der Waals surface area contributed by atoms with Crippen LogP contribution in [0.15, 0.2) is 0 Å². The van der Waals surface area contributed by atoms with Gasteiger partial charge < -0.3 is 10.2 Å². The zero-order valence-corrected chi connectivity index (χ0v) is 11.9. The molecule has 1 atom stereocenters. The topological polar surface area (TPSA) is 61.4 Å². The van der Waals surface area contributed by atoms with Crippen LogP contribution in [0.3, 0.4) is 0 Å². The molecular formula is C11H25N3O2S. The smallest absolute Gasteiger partial charge is 0.215 e. The lowest BCUT2D eigenvalue weighted by atomic mass is 10.4. The largest absolute Gasteiger partial charge is 0.313 e. The van der Waals surface area contributed by atoms with Gasteiger partial charge in [-0.05, 0) is 13.0 Å². The molecule has 0 radical (unpaired) electrons. The van der Waals surface area contributed by atoms with Gasteiger partial charge in [-0.3, -0.25) is 0 Å². The Balaban J connectivity index is 2.32. The van der Waals surface area contributed by atoms with E-state index in [9.17, 15) is 8.42 Å². The van der Waals surface area contributed by atoms with Gasteiger partial charge >= 0.3 is 0 Å². The molecule has 102 valence electrons. The normalized spacial score (nSPS) is 22.5. The highest BCUT2D eigenvalue weighted by Gasteiger charge is 2.31. The van der Waals surface area contributed by atoms with Gasteiger partial charge in [-0.15, -0.1) is 0 Å². The fourth-order valence-corrected chi connectivity index (χ4v) is 3.54. The summed E-state index contributed by atoms with van der Waals surface area (Å²) in [5, 5.41) is 3.11. The number of nitrogens with one attached hydrogen (secondary N) is 2. The van der Waals surface area contributed by atoms with Crippen molar-refractivity contribution in [3.8, 4) is 0 Å². The van der Waals surface area contributed by atoms with E-state index in [-0.39, 0.29) is 5.25 Å². The maximum absolute atomic E-state index is 11.8. The van der Waals surface area contributed by atoms with E-state index in [1.807, 2.05) is 6.92 Å². The molecule has 5 nitrogen and oxygen atoms in total. The molecule has 1 fully saturated rings. The number of hydrogen-bond donors (Lipinski definition) is 2. The van der Waals surface area contributed by atoms with E-state index in [0.717, 1.165) is 26.1 Å². The maximum atomic E-state index is 11.8. The van der Waals surface area contributed by atoms with Crippen LogP contribution in [-0.4, -0.2) is 57.3 Å². The summed E-state index contributed by atoms with van der Waals surface area (Å²) in [6.45, 7) is 9.92. The summed E-state index contributed by atoms with van der Waals surface area (Å²) < 4.78 is 26.2. The fraction of sp³-hybridized carbons (Fsp3) is 1.00. The molecule has 0 spiro atoms. The molecule has 0 amide bonds. The summed E-state index contributed by atoms with van der Waals surface area (Å²) in [6.07, 6.45) is 0.747. The van der Waals surface area contributed by atoms with Gasteiger partial charge in [0.25, 0.3) is 0 Å². The molecule has 6 heteroatoms. The predicted molar refractivity (Wildman–Crippen MR) is 70.6 cm³/mol. The molecule has 2 N–H and O–H groups in total. The standard InChI is InChI=1S/C11H25N3O2S/c1-4-13-17(15,16)11-5-7-14(9-11)8-6-12-10(2)3/h10-13H,4-9H2,1-3H3. The molecule has 1 heterocycles. The van der Waals surface area contributed by atoms with Crippen LogP contribution in [0.4, 0.5) is 0 Å². The van der Waals surface area contributed by atoms with Gasteiger partial charge in [-0.1, -0.05) is 20.8 Å². The molecule has 1 aliphatic rings. The summed E-state index contributed by atoms with van der Waals surface area (Å²) >= 11 is 0. The van der Waals surface area contributed by atoms with Crippen molar-refractivity contribution in [3.05, 3.63) is 0 Å². The Hall–Kier alpha value is -0.170. The molecule has 1 rings (SSSR count). The van der Waals surface area contributed by atoms with Gasteiger partial charge in [0, 0.05) is 32.2 Å². The first-order valence-electron chi connectivity index (χ1n) is 6.40. The van der Waals surface area contributed by atoms with Crippen LogP contribution in [0.25, 0.3) is 0 Å². The Morgan fingerprint density at radius 3 is 2.71 bits per heavy atom. The zero-order chi connectivity index (χ0) is 12.9. The lowest BCUT2D eigenvalue weighted by Crippen LogP contribution is -2.38. The van der Waals surface area contributed by atoms with Crippen LogP contribution in [0.5, 0.6) is 0 Å². The number of hydrogen-bond acceptors (Lipinski definition) is 4. The molecule has 0 aliphatic carbocycles. The molecule has 0 bridgehead atoms. The minimum absolute atomic E-state index is 0.235. The minimum Gasteiger partial charge on any atom is -0.313 e. The van der Waals surface area contributed by atoms with Gasteiger partial charge in [0.1, 0.15) is 0 Å². The Bertz CT molecular complexity index is 317. The third-order valence-electron chi connectivity index (χ3n) is 2.99. The number of rotatable bonds is 7. The van der Waals surface area contributed by atoms with Crippen molar-refractivity contribution >= 4 is 10.0 Å². The van der Waals surface area contributed by atoms with Crippen molar-refractivity contribution in [2.24, 2.45) is 0 Å². The van der Waals surface area contributed by atoms with Crippen molar-refractivity contribution in [3.63, 3.8) is 0 Å². The monoisotopic (exact) mass is 263 g/mol. The van der Waals surface area contributed by atoms with E-state index >= 15 is 0 Å². The van der Waals surface area contributed by atoms with Crippen molar-refractivity contribution in [2.45, 2.75) is 38.5 Å². The van der Waals surface area contributed by atoms with Crippen molar-refractivity contribution in [2.75, 3.05) is 32.7 Å². The van der Waals surface area contributed by atoms with Crippen molar-refractivity contribution in [1.29, 1.82) is 0 Å². The Morgan fingerprint density at radius 2 is 2.12 bits per heavy atom. The van der Waals surface area contributed by atoms with Crippen LogP contribution >= 0.6 is 0 Å². The van der Waals surface area contributed by atoms with E-state index in [0.29, 0.717) is 19.1 Å². The summed E-state index contributed by atoms with van der Waals surface area (Å²) in [6, 6.07) is 0.485. The highest BCUT2D eigenvalue weighted by Crippen LogP contribution is 2.15. The molecule has 1 aliphatic heterocycles. The first-order chi connectivity index (χ1) is 7.95. The van der Waals surface area contributed by atoms with E-state index in [1.54, 1.807) is 0 Å². The second-order valence-corrected chi connectivity index (χ2v) is 6.91. The number of sulfonamides is 1. The van der Waals surface area contributed by atoms with Crippen molar-refractivity contribution in [1.82, 2.24) is 14.9 Å². The second-order valence-electron chi connectivity index (χ2n) is 4.86. The summed E-state index contributed by atoms with van der Waals surface area (Å²) in [5.74, 6) is 0. The fourth-order valence-electron chi connectivity index (χ4n) is 2.08. The first kappa shape index (κ1) is 14.9. The first-order valence-corrected chi connectivity index (χ1v) is 7.94. The molecule has 0 aromatic heterocycles. The van der Waals surface area contributed by atoms with Crippen molar-refractivity contribution < 1.29 is 8.42 Å². The van der Waals surface area contributed by atoms with E-state index in [2.05, 4.69) is 28.8 Å². The van der Waals surface area contributed by atoms with E-state index in [4.69, 9.17) is 0 Å². The molecule has 0 aromatic carbocycles. The second kappa shape index (κ2) is 6.68. The lowest BCUT2D eigenvalue weighted by Gasteiger charge is -2.17. The van der Waals surface area contributed by atoms with Crippen LogP contribution in [-0.2, 0) is 10.0 Å². The Kier molecular flexibility index (Phi) is 5.85. The number of likely N-dealkylation sites (tertiary alicyclic amines) is 1. The quantitative estimate of drug-likeness (QED) is 0.679. The Morgan fingerprint density at radius 1 is 1.41 bits per heavy atom. The Labute approximate surface area is 105 Å². The summed E-state index contributed by atoms with van der Waals surface area (Å²) in [5.41, 5.74) is 0. The molecular weight excluding hydrogens is 238 g/mol. The minimum atomic E-state index is -3.10. The predicted octanol–water partition coefficient (Wildman–Crippen LogP) is -0.00200. The van der Waals surface area contributed by atoms with Gasteiger partial charge in [-0.25, -0.2) is 13.1 Å². The molecule has 0 aromatic rings. The van der Waals surface area contributed by atoms with Gasteiger partial charge in [-0.2, -0.15) is 0 Å². The van der Waals surface area contributed by atoms with Crippen LogP contribution in [0.1, 0.15) is 27.2 Å². The summed E-state index contributed by atoms with van der Waals surface area (Å²) in [7, 11) is -3.10. The average molecular weight is 263 g/mol. The third-order valence-corrected chi connectivity index (χ3v) is 4.95. The van der Waals surface area contributed by atoms with E-state index in [1.165, 1.54) is 0 Å². The highest BCUT2D eigenvalue weighted by molar-refractivity contribution is 7.90. The lowest BCUT2D eigenvalue weighted by molar-refractivity contribution is 0.331. The van der Waals surface area contributed by atoms with Crippen LogP contribution in [0.2, 0.25) is 0 Å². The zero-order valence-electron chi connectivity index (χ0n) is 11.1. The average Bonchev–Trinajstić information content (AvgIpc) is 2.66. The summed E-state index contributed by atoms with van der Waals surface area (Å²) in [4.78, 5) is 2.22. The SMILES string of the molecule is CCNS(=O)(=O)C1CCN(CCNC(C)C)C1. The molecule has 17 heavy (non-hydrogen) atoms. The van der Waals surface area contributed by atoms with Gasteiger partial charge in [0.2, 0.25) is 10.0 Å². The third kappa shape index (κ3) is 4.91.